The van der Waals surface area contributed by atoms with Crippen LogP contribution in [0, 0.1) is 0 Å². The lowest BCUT2D eigenvalue weighted by atomic mass is 10.1. The van der Waals surface area contributed by atoms with Crippen LogP contribution in [0.1, 0.15) is 24.0 Å². The normalized spacial score (nSPS) is 17.1. The Labute approximate surface area is 113 Å². The van der Waals surface area contributed by atoms with Gasteiger partial charge in [0.05, 0.1) is 0 Å². The molecule has 5 nitrogen and oxygen atoms in total. The predicted octanol–water partition coefficient (Wildman–Crippen LogP) is 2.28. The zero-order chi connectivity index (χ0) is 14.1. The summed E-state index contributed by atoms with van der Waals surface area (Å²) in [5.74, 6) is 1.16. The van der Waals surface area contributed by atoms with Gasteiger partial charge in [-0.05, 0) is 12.1 Å². The predicted molar refractivity (Wildman–Crippen MR) is 64.7 cm³/mol. The maximum absolute atomic E-state index is 12.6. The molecule has 1 unspecified atom stereocenters. The van der Waals surface area contributed by atoms with Gasteiger partial charge >= 0.3 is 6.55 Å². The van der Waals surface area contributed by atoms with Gasteiger partial charge in [0, 0.05) is 24.0 Å². The van der Waals surface area contributed by atoms with E-state index >= 15 is 0 Å². The van der Waals surface area contributed by atoms with Crippen LogP contribution in [0.25, 0.3) is 0 Å². The smallest absolute Gasteiger partial charge is 0.320 e. The van der Waals surface area contributed by atoms with Crippen LogP contribution in [0.3, 0.4) is 0 Å². The Morgan fingerprint density at radius 2 is 2.35 bits per heavy atom. The van der Waals surface area contributed by atoms with Crippen molar-refractivity contribution in [3.8, 4) is 11.5 Å². The summed E-state index contributed by atoms with van der Waals surface area (Å²) in [6, 6.07) is 4.98. The second-order valence-electron chi connectivity index (χ2n) is 4.34. The number of ether oxygens (including phenoxy) is 2. The first kappa shape index (κ1) is 12.9. The third kappa shape index (κ3) is 2.32. The molecule has 1 aliphatic heterocycles. The highest BCUT2D eigenvalue weighted by Gasteiger charge is 2.22. The summed E-state index contributed by atoms with van der Waals surface area (Å²) in [5, 5.41) is 9.59. The molecule has 1 aromatic heterocycles. The maximum Gasteiger partial charge on any atom is 0.320 e. The van der Waals surface area contributed by atoms with Gasteiger partial charge in [0.1, 0.15) is 30.8 Å². The zero-order valence-corrected chi connectivity index (χ0v) is 10.4. The fraction of sp³-hybridized carbons (Fsp3) is 0.308. The lowest BCUT2D eigenvalue weighted by molar-refractivity contribution is 0.0632. The SMILES string of the molecule is OC1COc2cc(OCc3nccn3C(F)F)ccc21. The zero-order valence-electron chi connectivity index (χ0n) is 10.4. The van der Waals surface area contributed by atoms with Gasteiger partial charge in [-0.3, -0.25) is 4.57 Å². The molecule has 1 atom stereocenters. The number of rotatable bonds is 4. The van der Waals surface area contributed by atoms with E-state index in [2.05, 4.69) is 4.98 Å². The van der Waals surface area contributed by atoms with E-state index in [1.165, 1.54) is 12.4 Å². The third-order valence-electron chi connectivity index (χ3n) is 3.07. The van der Waals surface area contributed by atoms with E-state index in [4.69, 9.17) is 9.47 Å². The van der Waals surface area contributed by atoms with Crippen LogP contribution < -0.4 is 9.47 Å². The highest BCUT2D eigenvalue weighted by molar-refractivity contribution is 5.44. The lowest BCUT2D eigenvalue weighted by Gasteiger charge is -2.09. The number of imidazole rings is 1. The number of fused-ring (bicyclic) bond motifs is 1. The maximum atomic E-state index is 12.6. The lowest BCUT2D eigenvalue weighted by Crippen LogP contribution is -2.07. The summed E-state index contributed by atoms with van der Waals surface area (Å²) < 4.78 is 36.7. The Hall–Kier alpha value is -2.15. The summed E-state index contributed by atoms with van der Waals surface area (Å²) in [5.41, 5.74) is 0.700. The molecule has 0 fully saturated rings. The van der Waals surface area contributed by atoms with Crippen molar-refractivity contribution < 1.29 is 23.4 Å². The molecule has 0 aliphatic carbocycles. The van der Waals surface area contributed by atoms with Gasteiger partial charge in [-0.2, -0.15) is 8.78 Å². The van der Waals surface area contributed by atoms with E-state index in [0.29, 0.717) is 17.1 Å². The van der Waals surface area contributed by atoms with Crippen LogP contribution in [0.4, 0.5) is 8.78 Å². The van der Waals surface area contributed by atoms with Gasteiger partial charge < -0.3 is 14.6 Å². The van der Waals surface area contributed by atoms with Crippen molar-refractivity contribution in [3.63, 3.8) is 0 Å². The average molecular weight is 282 g/mol. The number of aliphatic hydroxyl groups excluding tert-OH is 1. The number of hydrogen-bond acceptors (Lipinski definition) is 4. The minimum Gasteiger partial charge on any atom is -0.490 e. The Morgan fingerprint density at radius 3 is 3.15 bits per heavy atom. The Balaban J connectivity index is 1.71. The van der Waals surface area contributed by atoms with Crippen LogP contribution in [-0.4, -0.2) is 21.3 Å². The standard InChI is InChI=1S/C13H12F2N2O3/c14-13(15)17-4-3-16-12(17)7-19-8-1-2-9-10(18)6-20-11(9)5-8/h1-5,10,13,18H,6-7H2. The van der Waals surface area contributed by atoms with E-state index in [1.807, 2.05) is 0 Å². The first-order chi connectivity index (χ1) is 9.65. The molecular weight excluding hydrogens is 270 g/mol. The Morgan fingerprint density at radius 1 is 1.50 bits per heavy atom. The molecule has 3 rings (SSSR count). The molecule has 20 heavy (non-hydrogen) atoms. The molecule has 2 heterocycles. The molecule has 0 saturated heterocycles. The molecule has 0 spiro atoms. The van der Waals surface area contributed by atoms with E-state index in [-0.39, 0.29) is 19.0 Å². The van der Waals surface area contributed by atoms with Crippen LogP contribution >= 0.6 is 0 Å². The van der Waals surface area contributed by atoms with E-state index in [0.717, 1.165) is 4.57 Å². The highest BCUT2D eigenvalue weighted by atomic mass is 19.3. The summed E-state index contributed by atoms with van der Waals surface area (Å²) in [7, 11) is 0. The van der Waals surface area contributed by atoms with Gasteiger partial charge in [0.25, 0.3) is 0 Å². The molecule has 7 heteroatoms. The van der Waals surface area contributed by atoms with Gasteiger partial charge in [0.2, 0.25) is 0 Å². The quantitative estimate of drug-likeness (QED) is 0.934. The molecule has 2 aromatic rings. The summed E-state index contributed by atoms with van der Waals surface area (Å²) in [4.78, 5) is 3.82. The van der Waals surface area contributed by atoms with Gasteiger partial charge in [-0.25, -0.2) is 4.98 Å². The van der Waals surface area contributed by atoms with E-state index < -0.39 is 12.7 Å². The van der Waals surface area contributed by atoms with E-state index in [1.54, 1.807) is 18.2 Å². The number of hydrogen-bond donors (Lipinski definition) is 1. The third-order valence-corrected chi connectivity index (χ3v) is 3.07. The molecule has 1 aromatic carbocycles. The summed E-state index contributed by atoms with van der Waals surface area (Å²) in [6.07, 6.45) is 1.87. The summed E-state index contributed by atoms with van der Waals surface area (Å²) >= 11 is 0. The fourth-order valence-corrected chi connectivity index (χ4v) is 2.04. The summed E-state index contributed by atoms with van der Waals surface area (Å²) in [6.45, 7) is -2.50. The molecule has 0 radical (unpaired) electrons. The van der Waals surface area contributed by atoms with E-state index in [9.17, 15) is 13.9 Å². The van der Waals surface area contributed by atoms with Crippen LogP contribution in [0.5, 0.6) is 11.5 Å². The van der Waals surface area contributed by atoms with Crippen molar-refractivity contribution >= 4 is 0 Å². The van der Waals surface area contributed by atoms with Crippen molar-refractivity contribution in [1.29, 1.82) is 0 Å². The van der Waals surface area contributed by atoms with Crippen molar-refractivity contribution in [3.05, 3.63) is 42.0 Å². The highest BCUT2D eigenvalue weighted by Crippen LogP contribution is 2.35. The number of benzene rings is 1. The minimum absolute atomic E-state index is 0.0708. The fourth-order valence-electron chi connectivity index (χ4n) is 2.04. The number of aromatic nitrogens is 2. The van der Waals surface area contributed by atoms with Crippen molar-refractivity contribution in [2.45, 2.75) is 19.3 Å². The Bertz CT molecular complexity index is 615. The second-order valence-corrected chi connectivity index (χ2v) is 4.34. The number of aliphatic hydroxyl groups is 1. The van der Waals surface area contributed by atoms with Crippen molar-refractivity contribution in [2.24, 2.45) is 0 Å². The van der Waals surface area contributed by atoms with Crippen molar-refractivity contribution in [1.82, 2.24) is 9.55 Å². The molecule has 106 valence electrons. The monoisotopic (exact) mass is 282 g/mol. The Kier molecular flexibility index (Phi) is 3.27. The number of nitrogens with zero attached hydrogens (tertiary/aromatic N) is 2. The second kappa shape index (κ2) is 5.09. The minimum atomic E-state index is -2.64. The van der Waals surface area contributed by atoms with Crippen LogP contribution in [0.2, 0.25) is 0 Å². The first-order valence-corrected chi connectivity index (χ1v) is 6.02. The molecule has 0 bridgehead atoms. The molecule has 0 saturated carbocycles. The number of halogens is 2. The largest absolute Gasteiger partial charge is 0.490 e. The molecular formula is C13H12F2N2O3. The van der Waals surface area contributed by atoms with Gasteiger partial charge in [-0.15, -0.1) is 0 Å². The molecule has 0 amide bonds. The van der Waals surface area contributed by atoms with Crippen LogP contribution in [-0.2, 0) is 6.61 Å². The topological polar surface area (TPSA) is 56.5 Å². The molecule has 1 aliphatic rings. The number of alkyl halides is 2. The molecule has 1 N–H and O–H groups in total. The van der Waals surface area contributed by atoms with Crippen LogP contribution in [0.15, 0.2) is 30.6 Å². The first-order valence-electron chi connectivity index (χ1n) is 6.02. The van der Waals surface area contributed by atoms with Gasteiger partial charge in [0.15, 0.2) is 5.82 Å². The van der Waals surface area contributed by atoms with Crippen molar-refractivity contribution in [2.75, 3.05) is 6.61 Å². The van der Waals surface area contributed by atoms with Gasteiger partial charge in [-0.1, -0.05) is 0 Å². The average Bonchev–Trinajstić information content (AvgIpc) is 3.03.